The van der Waals surface area contributed by atoms with E-state index in [2.05, 4.69) is 10.5 Å². The van der Waals surface area contributed by atoms with Crippen LogP contribution in [0.5, 0.6) is 0 Å². The van der Waals surface area contributed by atoms with E-state index < -0.39 is 0 Å². The highest BCUT2D eigenvalue weighted by molar-refractivity contribution is 7.99. The van der Waals surface area contributed by atoms with Crippen LogP contribution in [0.3, 0.4) is 0 Å². The summed E-state index contributed by atoms with van der Waals surface area (Å²) in [5, 5.41) is 6.55. The molecule has 0 spiro atoms. The minimum absolute atomic E-state index is 0.157. The molecule has 2 aromatic rings. The van der Waals surface area contributed by atoms with E-state index in [1.54, 1.807) is 19.1 Å². The van der Waals surface area contributed by atoms with Gasteiger partial charge in [-0.2, -0.15) is 0 Å². The Labute approximate surface area is 127 Å². The molecule has 0 aliphatic carbocycles. The Hall–Kier alpha value is -1.82. The molecule has 0 radical (unpaired) electrons. The van der Waals surface area contributed by atoms with E-state index >= 15 is 0 Å². The van der Waals surface area contributed by atoms with Gasteiger partial charge in [0.2, 0.25) is 5.91 Å². The Morgan fingerprint density at radius 2 is 2.14 bits per heavy atom. The summed E-state index contributed by atoms with van der Waals surface area (Å²) in [5.74, 6) is 1.25. The molecule has 0 fully saturated rings. The number of hydrogen-bond donors (Lipinski definition) is 1. The molecule has 0 atom stereocenters. The first-order valence-corrected chi connectivity index (χ1v) is 7.68. The number of nitrogens with zero attached hydrogens (tertiary/aromatic N) is 1. The molecule has 0 saturated heterocycles. The van der Waals surface area contributed by atoms with Crippen molar-refractivity contribution in [3.05, 3.63) is 46.6 Å². The molecule has 0 bridgehead atoms. The molecule has 1 amide bonds. The zero-order chi connectivity index (χ0) is 15.4. The molecule has 21 heavy (non-hydrogen) atoms. The largest absolute Gasteiger partial charge is 0.361 e. The third-order valence-electron chi connectivity index (χ3n) is 3.12. The highest BCUT2D eigenvalue weighted by atomic mass is 32.2. The van der Waals surface area contributed by atoms with Gasteiger partial charge in [0, 0.05) is 17.0 Å². The van der Waals surface area contributed by atoms with E-state index in [9.17, 15) is 9.18 Å². The molecule has 1 aromatic carbocycles. The second-order valence-electron chi connectivity index (χ2n) is 4.81. The predicted octanol–water partition coefficient (Wildman–Crippen LogP) is 3.61. The summed E-state index contributed by atoms with van der Waals surface area (Å²) in [6.45, 7) is 5.41. The fraction of sp³-hybridized carbons (Fsp3) is 0.333. The number of hydrogen-bond acceptors (Lipinski definition) is 4. The normalized spacial score (nSPS) is 10.7. The summed E-state index contributed by atoms with van der Waals surface area (Å²) < 4.78 is 18.4. The fourth-order valence-electron chi connectivity index (χ4n) is 1.82. The molecular formula is C15H17FN2O2S. The predicted molar refractivity (Wildman–Crippen MR) is 81.9 cm³/mol. The highest BCUT2D eigenvalue weighted by Crippen LogP contribution is 2.20. The molecule has 0 saturated carbocycles. The number of aryl methyl sites for hydroxylation is 3. The van der Waals surface area contributed by atoms with Crippen LogP contribution in [0.15, 0.2) is 22.7 Å². The van der Waals surface area contributed by atoms with Crippen LogP contribution in [0, 0.1) is 26.6 Å². The van der Waals surface area contributed by atoms with E-state index in [1.807, 2.05) is 13.8 Å². The van der Waals surface area contributed by atoms with Crippen LogP contribution in [-0.2, 0) is 10.5 Å². The Morgan fingerprint density at radius 1 is 1.38 bits per heavy atom. The quantitative estimate of drug-likeness (QED) is 0.916. The monoisotopic (exact) mass is 308 g/mol. The smallest absolute Gasteiger partial charge is 0.234 e. The molecule has 1 N–H and O–H groups in total. The molecule has 0 unspecified atom stereocenters. The van der Waals surface area contributed by atoms with Crippen molar-refractivity contribution in [2.24, 2.45) is 0 Å². The second-order valence-corrected chi connectivity index (χ2v) is 5.79. The van der Waals surface area contributed by atoms with Gasteiger partial charge in [0.05, 0.1) is 11.4 Å². The number of thioether (sulfide) groups is 1. The lowest BCUT2D eigenvalue weighted by molar-refractivity contribution is -0.113. The van der Waals surface area contributed by atoms with Gasteiger partial charge < -0.3 is 9.84 Å². The number of nitrogens with one attached hydrogen (secondary N) is 1. The third-order valence-corrected chi connectivity index (χ3v) is 4.08. The van der Waals surface area contributed by atoms with Crippen molar-refractivity contribution in [2.45, 2.75) is 26.5 Å². The maximum Gasteiger partial charge on any atom is 0.234 e. The van der Waals surface area contributed by atoms with E-state index in [0.29, 0.717) is 22.8 Å². The fourth-order valence-corrected chi connectivity index (χ4v) is 2.80. The number of amides is 1. The molecule has 112 valence electrons. The summed E-state index contributed by atoms with van der Waals surface area (Å²) in [4.78, 5) is 11.8. The lowest BCUT2D eigenvalue weighted by Gasteiger charge is -2.06. The Kier molecular flexibility index (Phi) is 5.01. The molecule has 2 rings (SSSR count). The summed E-state index contributed by atoms with van der Waals surface area (Å²) in [7, 11) is 0. The van der Waals surface area contributed by atoms with Gasteiger partial charge in [-0.1, -0.05) is 11.2 Å². The van der Waals surface area contributed by atoms with Gasteiger partial charge in [-0.05, 0) is 38.5 Å². The second kappa shape index (κ2) is 6.76. The van der Waals surface area contributed by atoms with Gasteiger partial charge in [-0.3, -0.25) is 4.79 Å². The standard InChI is InChI=1S/C15H17FN2O2S/c1-9-4-5-12(6-14(9)16)17-15(19)8-21-7-13-10(2)18-20-11(13)3/h4-6H,7-8H2,1-3H3,(H,17,19). The van der Waals surface area contributed by atoms with Gasteiger partial charge in [-0.15, -0.1) is 11.8 Å². The van der Waals surface area contributed by atoms with Crippen molar-refractivity contribution in [2.75, 3.05) is 11.1 Å². The van der Waals surface area contributed by atoms with E-state index in [-0.39, 0.29) is 11.7 Å². The molecule has 6 heteroatoms. The summed E-state index contributed by atoms with van der Waals surface area (Å²) in [6.07, 6.45) is 0. The van der Waals surface area contributed by atoms with E-state index in [4.69, 9.17) is 4.52 Å². The van der Waals surface area contributed by atoms with Crippen molar-refractivity contribution >= 4 is 23.4 Å². The lowest BCUT2D eigenvalue weighted by Crippen LogP contribution is -2.14. The van der Waals surface area contributed by atoms with E-state index in [1.165, 1.54) is 17.8 Å². The van der Waals surface area contributed by atoms with Gasteiger partial charge >= 0.3 is 0 Å². The zero-order valence-corrected chi connectivity index (χ0v) is 13.0. The van der Waals surface area contributed by atoms with Gasteiger partial charge in [0.1, 0.15) is 11.6 Å². The number of halogens is 1. The average molecular weight is 308 g/mol. The Morgan fingerprint density at radius 3 is 2.76 bits per heavy atom. The first-order valence-electron chi connectivity index (χ1n) is 6.53. The molecule has 1 heterocycles. The van der Waals surface area contributed by atoms with Gasteiger partial charge in [0.15, 0.2) is 0 Å². The van der Waals surface area contributed by atoms with Crippen molar-refractivity contribution < 1.29 is 13.7 Å². The Bertz CT molecular complexity index is 636. The molecule has 0 aliphatic heterocycles. The van der Waals surface area contributed by atoms with Crippen LogP contribution in [0.1, 0.15) is 22.6 Å². The molecule has 1 aromatic heterocycles. The topological polar surface area (TPSA) is 55.1 Å². The van der Waals surface area contributed by atoms with Gasteiger partial charge in [-0.25, -0.2) is 4.39 Å². The minimum Gasteiger partial charge on any atom is -0.361 e. The number of carbonyl (C=O) groups excluding carboxylic acids is 1. The SMILES string of the molecule is Cc1ccc(NC(=O)CSCc2c(C)noc2C)cc1F. The van der Waals surface area contributed by atoms with Crippen molar-refractivity contribution in [3.63, 3.8) is 0 Å². The van der Waals surface area contributed by atoms with Crippen LogP contribution < -0.4 is 5.32 Å². The van der Waals surface area contributed by atoms with Crippen LogP contribution in [-0.4, -0.2) is 16.8 Å². The lowest BCUT2D eigenvalue weighted by atomic mass is 10.2. The summed E-state index contributed by atoms with van der Waals surface area (Å²) >= 11 is 1.47. The number of anilines is 1. The third kappa shape index (κ3) is 4.07. The van der Waals surface area contributed by atoms with Crippen molar-refractivity contribution in [1.29, 1.82) is 0 Å². The average Bonchev–Trinajstić information content (AvgIpc) is 2.74. The molecule has 4 nitrogen and oxygen atoms in total. The summed E-state index contributed by atoms with van der Waals surface area (Å²) in [5.41, 5.74) is 2.90. The van der Waals surface area contributed by atoms with Crippen LogP contribution >= 0.6 is 11.8 Å². The van der Waals surface area contributed by atoms with Gasteiger partial charge in [0.25, 0.3) is 0 Å². The maximum atomic E-state index is 13.4. The zero-order valence-electron chi connectivity index (χ0n) is 12.2. The summed E-state index contributed by atoms with van der Waals surface area (Å²) in [6, 6.07) is 4.66. The maximum absolute atomic E-state index is 13.4. The minimum atomic E-state index is -0.323. The molecule has 0 aliphatic rings. The first kappa shape index (κ1) is 15.6. The van der Waals surface area contributed by atoms with Crippen LogP contribution in [0.25, 0.3) is 0 Å². The van der Waals surface area contributed by atoms with Crippen molar-refractivity contribution in [3.8, 4) is 0 Å². The van der Waals surface area contributed by atoms with Crippen LogP contribution in [0.2, 0.25) is 0 Å². The highest BCUT2D eigenvalue weighted by Gasteiger charge is 2.10. The number of rotatable bonds is 5. The number of benzene rings is 1. The van der Waals surface area contributed by atoms with E-state index in [0.717, 1.165) is 17.0 Å². The Balaban J connectivity index is 1.84. The number of carbonyl (C=O) groups is 1. The number of aromatic nitrogens is 1. The first-order chi connectivity index (χ1) is 9.97. The van der Waals surface area contributed by atoms with Crippen molar-refractivity contribution in [1.82, 2.24) is 5.16 Å². The molecular weight excluding hydrogens is 291 g/mol. The van der Waals surface area contributed by atoms with Crippen LogP contribution in [0.4, 0.5) is 10.1 Å².